The third-order valence-corrected chi connectivity index (χ3v) is 10.5. The van der Waals surface area contributed by atoms with E-state index in [2.05, 4.69) is 31.3 Å². The maximum Gasteiger partial charge on any atom is 0.305 e. The van der Waals surface area contributed by atoms with Crippen LogP contribution in [0.15, 0.2) is 24.3 Å². The average molecular weight is 748 g/mol. The first-order valence-corrected chi connectivity index (χ1v) is 23.1. The van der Waals surface area contributed by atoms with Crippen LogP contribution >= 0.6 is 0 Å². The molecule has 0 rings (SSSR count). The highest BCUT2D eigenvalue weighted by Gasteiger charge is 2.18. The Kier molecular flexibility index (Phi) is 41.7. The fourth-order valence-corrected chi connectivity index (χ4v) is 6.86. The molecule has 2 unspecified atom stereocenters. The molecule has 0 aromatic carbocycles. The summed E-state index contributed by atoms with van der Waals surface area (Å²) in [7, 11) is 0. The van der Waals surface area contributed by atoms with E-state index < -0.39 is 12.1 Å². The van der Waals surface area contributed by atoms with Crippen LogP contribution < -0.4 is 5.32 Å². The van der Waals surface area contributed by atoms with Gasteiger partial charge < -0.3 is 20.3 Å². The van der Waals surface area contributed by atoms with Crippen molar-refractivity contribution in [1.29, 1.82) is 0 Å². The summed E-state index contributed by atoms with van der Waals surface area (Å²) in [6.45, 7) is 4.82. The number of aliphatic hydroxyl groups is 2. The zero-order valence-electron chi connectivity index (χ0n) is 35.2. The SMILES string of the molecule is CCCCC/C=C\CCCCCCCC(=O)OCCCCCCCCCCCCCCC(=O)NC(CO)C(O)/C=C/CCCCCCCCCCCC. The number of ether oxygens (including phenoxy) is 1. The molecule has 0 aromatic rings. The van der Waals surface area contributed by atoms with Gasteiger partial charge in [0.05, 0.1) is 25.4 Å². The lowest BCUT2D eigenvalue weighted by molar-refractivity contribution is -0.143. The van der Waals surface area contributed by atoms with Gasteiger partial charge in [-0.3, -0.25) is 9.59 Å². The number of amides is 1. The number of esters is 1. The Labute approximate surface area is 329 Å². The molecule has 0 saturated heterocycles. The largest absolute Gasteiger partial charge is 0.466 e. The van der Waals surface area contributed by atoms with Gasteiger partial charge in [0, 0.05) is 12.8 Å². The average Bonchev–Trinajstić information content (AvgIpc) is 3.16. The van der Waals surface area contributed by atoms with Crippen molar-refractivity contribution in [1.82, 2.24) is 5.32 Å². The summed E-state index contributed by atoms with van der Waals surface area (Å²) in [6.07, 6.45) is 48.7. The molecule has 53 heavy (non-hydrogen) atoms. The minimum absolute atomic E-state index is 0.0217. The van der Waals surface area contributed by atoms with Crippen LogP contribution in [0.5, 0.6) is 0 Å². The molecular weight excluding hydrogens is 659 g/mol. The number of rotatable bonds is 42. The molecule has 2 atom stereocenters. The number of nitrogens with one attached hydrogen (secondary N) is 1. The van der Waals surface area contributed by atoms with Gasteiger partial charge in [0.1, 0.15) is 0 Å². The van der Waals surface area contributed by atoms with Gasteiger partial charge in [-0.15, -0.1) is 0 Å². The Morgan fingerprint density at radius 3 is 1.38 bits per heavy atom. The van der Waals surface area contributed by atoms with E-state index in [0.29, 0.717) is 19.4 Å². The van der Waals surface area contributed by atoms with Crippen LogP contribution in [0.4, 0.5) is 0 Å². The van der Waals surface area contributed by atoms with E-state index in [0.717, 1.165) is 57.8 Å². The van der Waals surface area contributed by atoms with Crippen LogP contribution in [0.2, 0.25) is 0 Å². The Balaban J connectivity index is 3.51. The van der Waals surface area contributed by atoms with Crippen molar-refractivity contribution in [3.63, 3.8) is 0 Å². The standard InChI is InChI=1S/C47H89NO5/c1-3-5-7-9-11-13-15-19-23-27-31-35-39-45(50)44(43-49)48-46(51)40-36-32-28-24-20-17-18-22-26-30-34-38-42-53-47(52)41-37-33-29-25-21-16-14-12-10-8-6-4-2/h12,14,35,39,44-45,49-50H,3-11,13,15-34,36-38,40-43H2,1-2H3,(H,48,51)/b14-12-,39-35+. The van der Waals surface area contributed by atoms with Gasteiger partial charge in [0.25, 0.3) is 0 Å². The van der Waals surface area contributed by atoms with Crippen molar-refractivity contribution in [2.24, 2.45) is 0 Å². The summed E-state index contributed by atoms with van der Waals surface area (Å²) < 4.78 is 5.43. The molecule has 0 spiro atoms. The highest BCUT2D eigenvalue weighted by atomic mass is 16.5. The molecule has 0 bridgehead atoms. The van der Waals surface area contributed by atoms with E-state index in [1.165, 1.54) is 154 Å². The number of carbonyl (C=O) groups is 2. The Bertz CT molecular complexity index is 828. The second kappa shape index (κ2) is 43.1. The molecular formula is C47H89NO5. The molecule has 0 fully saturated rings. The van der Waals surface area contributed by atoms with Gasteiger partial charge in [-0.05, 0) is 57.8 Å². The van der Waals surface area contributed by atoms with Crippen LogP contribution in [0.3, 0.4) is 0 Å². The number of hydrogen-bond donors (Lipinski definition) is 3. The first-order valence-electron chi connectivity index (χ1n) is 23.1. The summed E-state index contributed by atoms with van der Waals surface area (Å²) in [5, 5.41) is 22.9. The quantitative estimate of drug-likeness (QED) is 0.0328. The molecule has 6 nitrogen and oxygen atoms in total. The number of carbonyl (C=O) groups excluding carboxylic acids is 2. The molecule has 0 saturated carbocycles. The lowest BCUT2D eigenvalue weighted by Crippen LogP contribution is -2.45. The zero-order chi connectivity index (χ0) is 38.7. The van der Waals surface area contributed by atoms with Gasteiger partial charge in [-0.25, -0.2) is 0 Å². The summed E-state index contributed by atoms with van der Waals surface area (Å²) in [5.74, 6) is -0.107. The molecule has 0 aromatic heterocycles. The van der Waals surface area contributed by atoms with Gasteiger partial charge >= 0.3 is 5.97 Å². The molecule has 6 heteroatoms. The minimum atomic E-state index is -0.853. The van der Waals surface area contributed by atoms with Crippen LogP contribution in [0.25, 0.3) is 0 Å². The minimum Gasteiger partial charge on any atom is -0.466 e. The molecule has 0 heterocycles. The Hall–Kier alpha value is -1.66. The fourth-order valence-electron chi connectivity index (χ4n) is 6.86. The smallest absolute Gasteiger partial charge is 0.305 e. The van der Waals surface area contributed by atoms with Gasteiger partial charge in [-0.1, -0.05) is 192 Å². The van der Waals surface area contributed by atoms with Crippen LogP contribution in [0, 0.1) is 0 Å². The maximum absolute atomic E-state index is 12.4. The second-order valence-electron chi connectivity index (χ2n) is 15.7. The van der Waals surface area contributed by atoms with Gasteiger partial charge in [-0.2, -0.15) is 0 Å². The van der Waals surface area contributed by atoms with E-state index >= 15 is 0 Å². The zero-order valence-corrected chi connectivity index (χ0v) is 35.2. The van der Waals surface area contributed by atoms with Crippen molar-refractivity contribution >= 4 is 11.9 Å². The molecule has 0 radical (unpaired) electrons. The lowest BCUT2D eigenvalue weighted by Gasteiger charge is -2.20. The van der Waals surface area contributed by atoms with Crippen molar-refractivity contribution in [2.75, 3.05) is 13.2 Å². The maximum atomic E-state index is 12.4. The van der Waals surface area contributed by atoms with E-state index in [4.69, 9.17) is 4.74 Å². The predicted octanol–water partition coefficient (Wildman–Crippen LogP) is 13.2. The predicted molar refractivity (Wildman–Crippen MR) is 227 cm³/mol. The third-order valence-electron chi connectivity index (χ3n) is 10.5. The number of hydrogen-bond acceptors (Lipinski definition) is 5. The molecule has 0 aliphatic heterocycles. The number of unbranched alkanes of at least 4 members (excludes halogenated alkanes) is 29. The number of allylic oxidation sites excluding steroid dienone is 3. The number of aliphatic hydroxyl groups excluding tert-OH is 2. The molecule has 0 aliphatic carbocycles. The molecule has 1 amide bonds. The topological polar surface area (TPSA) is 95.9 Å². The second-order valence-corrected chi connectivity index (χ2v) is 15.7. The van der Waals surface area contributed by atoms with Crippen LogP contribution in [0.1, 0.15) is 239 Å². The monoisotopic (exact) mass is 748 g/mol. The van der Waals surface area contributed by atoms with E-state index in [-0.39, 0.29) is 18.5 Å². The van der Waals surface area contributed by atoms with E-state index in [1.807, 2.05) is 6.08 Å². The first kappa shape index (κ1) is 51.3. The molecule has 0 aliphatic rings. The third kappa shape index (κ3) is 39.8. The van der Waals surface area contributed by atoms with E-state index in [9.17, 15) is 19.8 Å². The molecule has 312 valence electrons. The highest BCUT2D eigenvalue weighted by Crippen LogP contribution is 2.15. The van der Waals surface area contributed by atoms with Crippen molar-refractivity contribution in [3.05, 3.63) is 24.3 Å². The fraction of sp³-hybridized carbons (Fsp3) is 0.872. The van der Waals surface area contributed by atoms with Gasteiger partial charge in [0.15, 0.2) is 0 Å². The first-order chi connectivity index (χ1) is 26.0. The van der Waals surface area contributed by atoms with Crippen molar-refractivity contribution < 1.29 is 24.5 Å². The summed E-state index contributed by atoms with van der Waals surface area (Å²) >= 11 is 0. The van der Waals surface area contributed by atoms with Crippen molar-refractivity contribution in [3.8, 4) is 0 Å². The normalized spacial score (nSPS) is 12.9. The lowest BCUT2D eigenvalue weighted by atomic mass is 10.0. The van der Waals surface area contributed by atoms with E-state index in [1.54, 1.807) is 6.08 Å². The Morgan fingerprint density at radius 1 is 0.509 bits per heavy atom. The van der Waals surface area contributed by atoms with Gasteiger partial charge in [0.2, 0.25) is 5.91 Å². The van der Waals surface area contributed by atoms with Crippen molar-refractivity contribution in [2.45, 2.75) is 251 Å². The molecule has 3 N–H and O–H groups in total. The highest BCUT2D eigenvalue weighted by molar-refractivity contribution is 5.76. The van der Waals surface area contributed by atoms with Crippen LogP contribution in [-0.4, -0.2) is 47.4 Å². The summed E-state index contributed by atoms with van der Waals surface area (Å²) in [5.41, 5.74) is 0. The van der Waals surface area contributed by atoms with Crippen LogP contribution in [-0.2, 0) is 14.3 Å². The summed E-state index contributed by atoms with van der Waals surface area (Å²) in [6, 6.07) is -0.638. The summed E-state index contributed by atoms with van der Waals surface area (Å²) in [4.78, 5) is 24.3. The Morgan fingerprint density at radius 2 is 0.887 bits per heavy atom.